The molecule has 0 bridgehead atoms. The molecule has 110 valence electrons. The molecule has 1 saturated heterocycles. The van der Waals surface area contributed by atoms with Crippen molar-refractivity contribution in [2.45, 2.75) is 31.7 Å². The molecular weight excluding hydrogens is 344 g/mol. The number of hydrogen-bond acceptors (Lipinski definition) is 3. The lowest BCUT2D eigenvalue weighted by molar-refractivity contribution is -0.122. The van der Waals surface area contributed by atoms with Crippen LogP contribution in [0.15, 0.2) is 16.6 Å². The van der Waals surface area contributed by atoms with Crippen LogP contribution in [0.5, 0.6) is 5.75 Å². The highest BCUT2D eigenvalue weighted by Gasteiger charge is 2.34. The van der Waals surface area contributed by atoms with E-state index in [-0.39, 0.29) is 5.91 Å². The summed E-state index contributed by atoms with van der Waals surface area (Å²) in [4.78, 5) is 12.5. The highest BCUT2D eigenvalue weighted by atomic mass is 79.9. The van der Waals surface area contributed by atoms with Gasteiger partial charge < -0.3 is 15.4 Å². The van der Waals surface area contributed by atoms with Crippen LogP contribution in [0.4, 0.5) is 5.69 Å². The number of nitrogens with one attached hydrogen (secondary N) is 2. The van der Waals surface area contributed by atoms with Crippen molar-refractivity contribution in [3.8, 4) is 5.75 Å². The molecule has 1 aliphatic rings. The van der Waals surface area contributed by atoms with E-state index in [0.29, 0.717) is 20.9 Å². The van der Waals surface area contributed by atoms with Crippen LogP contribution in [0.2, 0.25) is 5.02 Å². The van der Waals surface area contributed by atoms with Gasteiger partial charge in [0.15, 0.2) is 5.75 Å². The molecule has 1 unspecified atom stereocenters. The number of amides is 1. The predicted molar refractivity (Wildman–Crippen MR) is 84.6 cm³/mol. The minimum absolute atomic E-state index is 0.0651. The number of piperidine rings is 1. The standard InChI is InChI=1S/C14H18BrClN2O2/c1-14(5-3-4-6-17-14)13(19)18-11-8-9(16)7-10(15)12(11)20-2/h7-8,17H,3-6H2,1-2H3,(H,18,19). The first-order valence-electron chi connectivity index (χ1n) is 6.56. The van der Waals surface area contributed by atoms with Crippen molar-refractivity contribution < 1.29 is 9.53 Å². The zero-order valence-electron chi connectivity index (χ0n) is 11.6. The number of halogens is 2. The van der Waals surface area contributed by atoms with Crippen molar-refractivity contribution in [2.75, 3.05) is 19.0 Å². The van der Waals surface area contributed by atoms with Gasteiger partial charge in [-0.3, -0.25) is 4.79 Å². The monoisotopic (exact) mass is 360 g/mol. The molecule has 1 aromatic rings. The first-order valence-corrected chi connectivity index (χ1v) is 7.73. The Morgan fingerprint density at radius 3 is 2.85 bits per heavy atom. The Morgan fingerprint density at radius 2 is 2.25 bits per heavy atom. The smallest absolute Gasteiger partial charge is 0.244 e. The maximum absolute atomic E-state index is 12.5. The van der Waals surface area contributed by atoms with Gasteiger partial charge in [-0.05, 0) is 60.8 Å². The molecule has 0 radical (unpaired) electrons. The summed E-state index contributed by atoms with van der Waals surface area (Å²) in [5.74, 6) is 0.506. The van der Waals surface area contributed by atoms with E-state index in [1.807, 2.05) is 6.92 Å². The van der Waals surface area contributed by atoms with Crippen LogP contribution in [0.25, 0.3) is 0 Å². The van der Waals surface area contributed by atoms with E-state index < -0.39 is 5.54 Å². The molecule has 1 amide bonds. The van der Waals surface area contributed by atoms with Gasteiger partial charge in [-0.25, -0.2) is 0 Å². The molecule has 4 nitrogen and oxygen atoms in total. The number of ether oxygens (including phenoxy) is 1. The molecule has 2 N–H and O–H groups in total. The van der Waals surface area contributed by atoms with Crippen molar-refractivity contribution in [1.29, 1.82) is 0 Å². The summed E-state index contributed by atoms with van der Waals surface area (Å²) in [6.07, 6.45) is 2.98. The number of hydrogen-bond donors (Lipinski definition) is 2. The second kappa shape index (κ2) is 6.33. The fourth-order valence-electron chi connectivity index (χ4n) is 2.37. The summed E-state index contributed by atoms with van der Waals surface area (Å²) < 4.78 is 6.02. The Labute approximate surface area is 132 Å². The number of carbonyl (C=O) groups is 1. The Morgan fingerprint density at radius 1 is 1.50 bits per heavy atom. The molecular formula is C14H18BrClN2O2. The Hall–Kier alpha value is -0.780. The van der Waals surface area contributed by atoms with Crippen LogP contribution < -0.4 is 15.4 Å². The van der Waals surface area contributed by atoms with Crippen LogP contribution in [-0.4, -0.2) is 25.1 Å². The zero-order valence-corrected chi connectivity index (χ0v) is 13.9. The average molecular weight is 362 g/mol. The molecule has 1 aromatic carbocycles. The largest absolute Gasteiger partial charge is 0.493 e. The molecule has 1 fully saturated rings. The van der Waals surface area contributed by atoms with Gasteiger partial charge >= 0.3 is 0 Å². The van der Waals surface area contributed by atoms with E-state index >= 15 is 0 Å². The topological polar surface area (TPSA) is 50.4 Å². The second-order valence-electron chi connectivity index (χ2n) is 5.14. The van der Waals surface area contributed by atoms with Gasteiger partial charge in [-0.1, -0.05) is 11.6 Å². The van der Waals surface area contributed by atoms with Crippen LogP contribution in [0, 0.1) is 0 Å². The first-order chi connectivity index (χ1) is 9.46. The summed E-state index contributed by atoms with van der Waals surface area (Å²) in [6, 6.07) is 3.42. The van der Waals surface area contributed by atoms with Crippen LogP contribution in [-0.2, 0) is 4.79 Å². The quantitative estimate of drug-likeness (QED) is 0.865. The Balaban J connectivity index is 2.23. The minimum Gasteiger partial charge on any atom is -0.493 e. The maximum atomic E-state index is 12.5. The van der Waals surface area contributed by atoms with Crippen LogP contribution in [0.1, 0.15) is 26.2 Å². The number of rotatable bonds is 3. The van der Waals surface area contributed by atoms with Gasteiger partial charge in [0.1, 0.15) is 0 Å². The third-order valence-electron chi connectivity index (χ3n) is 3.58. The molecule has 0 spiro atoms. The van der Waals surface area contributed by atoms with Gasteiger partial charge in [0.2, 0.25) is 5.91 Å². The summed E-state index contributed by atoms with van der Waals surface area (Å²) in [5, 5.41) is 6.73. The fraction of sp³-hybridized carbons (Fsp3) is 0.500. The summed E-state index contributed by atoms with van der Waals surface area (Å²) >= 11 is 9.41. The first kappa shape index (κ1) is 15.6. The van der Waals surface area contributed by atoms with E-state index in [0.717, 1.165) is 25.8 Å². The van der Waals surface area contributed by atoms with E-state index in [9.17, 15) is 4.79 Å². The van der Waals surface area contributed by atoms with E-state index in [2.05, 4.69) is 26.6 Å². The van der Waals surface area contributed by atoms with Crippen LogP contribution in [0.3, 0.4) is 0 Å². The van der Waals surface area contributed by atoms with Gasteiger partial charge in [-0.15, -0.1) is 0 Å². The SMILES string of the molecule is COc1c(Br)cc(Cl)cc1NC(=O)C1(C)CCCCN1. The van der Waals surface area contributed by atoms with Crippen molar-refractivity contribution in [3.63, 3.8) is 0 Å². The summed E-state index contributed by atoms with van der Waals surface area (Å²) in [6.45, 7) is 2.79. The lowest BCUT2D eigenvalue weighted by Crippen LogP contribution is -2.54. The molecule has 0 aliphatic carbocycles. The van der Waals surface area contributed by atoms with Crippen LogP contribution >= 0.6 is 27.5 Å². The molecule has 2 rings (SSSR count). The number of carbonyl (C=O) groups excluding carboxylic acids is 1. The highest BCUT2D eigenvalue weighted by molar-refractivity contribution is 9.10. The Kier molecular flexibility index (Phi) is 4.94. The Bertz CT molecular complexity index is 516. The lowest BCUT2D eigenvalue weighted by Gasteiger charge is -2.33. The highest BCUT2D eigenvalue weighted by Crippen LogP contribution is 2.37. The molecule has 1 atom stereocenters. The van der Waals surface area contributed by atoms with E-state index in [4.69, 9.17) is 16.3 Å². The molecule has 6 heteroatoms. The predicted octanol–water partition coefficient (Wildman–Crippen LogP) is 3.58. The van der Waals surface area contributed by atoms with Gasteiger partial charge in [0.05, 0.1) is 22.8 Å². The average Bonchev–Trinajstić information content (AvgIpc) is 2.39. The van der Waals surface area contributed by atoms with Crippen molar-refractivity contribution in [2.24, 2.45) is 0 Å². The van der Waals surface area contributed by atoms with Crippen molar-refractivity contribution in [3.05, 3.63) is 21.6 Å². The normalized spacial score (nSPS) is 22.4. The molecule has 1 aliphatic heterocycles. The van der Waals surface area contributed by atoms with Crippen molar-refractivity contribution >= 4 is 39.1 Å². The fourth-order valence-corrected chi connectivity index (χ4v) is 3.34. The van der Waals surface area contributed by atoms with E-state index in [1.165, 1.54) is 0 Å². The van der Waals surface area contributed by atoms with Gasteiger partial charge in [-0.2, -0.15) is 0 Å². The maximum Gasteiger partial charge on any atom is 0.244 e. The third-order valence-corrected chi connectivity index (χ3v) is 4.39. The number of benzene rings is 1. The molecule has 20 heavy (non-hydrogen) atoms. The summed E-state index contributed by atoms with van der Waals surface area (Å²) in [5.41, 5.74) is 0.0309. The number of anilines is 1. The second-order valence-corrected chi connectivity index (χ2v) is 6.43. The van der Waals surface area contributed by atoms with E-state index in [1.54, 1.807) is 19.2 Å². The number of methoxy groups -OCH3 is 1. The van der Waals surface area contributed by atoms with Crippen molar-refractivity contribution in [1.82, 2.24) is 5.32 Å². The lowest BCUT2D eigenvalue weighted by atomic mass is 9.90. The third kappa shape index (κ3) is 3.27. The zero-order chi connectivity index (χ0) is 14.8. The molecule has 1 heterocycles. The summed E-state index contributed by atoms with van der Waals surface area (Å²) in [7, 11) is 1.56. The van der Waals surface area contributed by atoms with Gasteiger partial charge in [0, 0.05) is 5.02 Å². The minimum atomic E-state index is -0.544. The van der Waals surface area contributed by atoms with Gasteiger partial charge in [0.25, 0.3) is 0 Å². The molecule has 0 saturated carbocycles. The molecule has 0 aromatic heterocycles.